The second-order valence-corrected chi connectivity index (χ2v) is 4.12. The van der Waals surface area contributed by atoms with Crippen LogP contribution in [0.3, 0.4) is 0 Å². The smallest absolute Gasteiger partial charge is 0.326 e. The summed E-state index contributed by atoms with van der Waals surface area (Å²) in [7, 11) is -1.39. The number of aliphatic carboxylic acids is 1. The number of carboxylic acid groups (broad SMARTS) is 1. The molecule has 0 fully saturated rings. The summed E-state index contributed by atoms with van der Waals surface area (Å²) in [6.45, 7) is 3.14. The molecule has 11 heavy (non-hydrogen) atoms. The van der Waals surface area contributed by atoms with Crippen LogP contribution < -0.4 is 0 Å². The molecule has 0 amide bonds. The highest BCUT2D eigenvalue weighted by atomic mass is 32.2. The third-order valence-electron chi connectivity index (χ3n) is 1.51. The number of rotatable bonds is 3. The Labute approximate surface area is 68.6 Å². The van der Waals surface area contributed by atoms with E-state index in [1.807, 2.05) is 0 Å². The Balaban J connectivity index is 4.82. The fraction of sp³-hybridized carbons (Fsp3) is 0.571. The Morgan fingerprint density at radius 3 is 2.18 bits per heavy atom. The van der Waals surface area contributed by atoms with Gasteiger partial charge in [-0.3, -0.25) is 9.00 Å². The van der Waals surface area contributed by atoms with Gasteiger partial charge < -0.3 is 5.11 Å². The summed E-state index contributed by atoms with van der Waals surface area (Å²) in [5, 5.41) is 8.69. The van der Waals surface area contributed by atoms with Crippen molar-refractivity contribution >= 4 is 16.8 Å². The van der Waals surface area contributed by atoms with Crippen LogP contribution in [-0.4, -0.2) is 26.3 Å². The van der Waals surface area contributed by atoms with Gasteiger partial charge in [0.15, 0.2) is 4.75 Å². The van der Waals surface area contributed by atoms with E-state index in [4.69, 9.17) is 5.11 Å². The van der Waals surface area contributed by atoms with E-state index in [1.54, 1.807) is 13.0 Å². The Morgan fingerprint density at radius 1 is 1.64 bits per heavy atom. The summed E-state index contributed by atoms with van der Waals surface area (Å²) in [6, 6.07) is 0. The lowest BCUT2D eigenvalue weighted by atomic mass is 10.1. The van der Waals surface area contributed by atoms with E-state index >= 15 is 0 Å². The maximum absolute atomic E-state index is 11.0. The van der Waals surface area contributed by atoms with Gasteiger partial charge in [-0.05, 0) is 13.8 Å². The van der Waals surface area contributed by atoms with E-state index < -0.39 is 21.5 Å². The second kappa shape index (κ2) is 3.67. The first-order chi connectivity index (χ1) is 4.95. The summed E-state index contributed by atoms with van der Waals surface area (Å²) in [6.07, 6.45) is 4.41. The van der Waals surface area contributed by atoms with Crippen LogP contribution in [0.1, 0.15) is 13.8 Å². The first kappa shape index (κ1) is 10.4. The minimum absolute atomic E-state index is 1.06. The van der Waals surface area contributed by atoms with Crippen molar-refractivity contribution in [1.82, 2.24) is 0 Å². The van der Waals surface area contributed by atoms with Crippen LogP contribution in [0.2, 0.25) is 0 Å². The molecule has 2 atom stereocenters. The highest BCUT2D eigenvalue weighted by molar-refractivity contribution is 7.86. The molecule has 1 N–H and O–H groups in total. The predicted octanol–water partition coefficient (Wildman–Crippen LogP) is 0.784. The van der Waals surface area contributed by atoms with Gasteiger partial charge in [0.05, 0.1) is 0 Å². The van der Waals surface area contributed by atoms with E-state index in [-0.39, 0.29) is 0 Å². The summed E-state index contributed by atoms with van der Waals surface area (Å²) < 4.78 is 9.73. The lowest BCUT2D eigenvalue weighted by Gasteiger charge is -2.16. The summed E-state index contributed by atoms with van der Waals surface area (Å²) in [5.74, 6) is -1.06. The molecule has 0 aliphatic carbocycles. The number of carbonyl (C=O) groups is 1. The van der Waals surface area contributed by atoms with Crippen LogP contribution in [-0.2, 0) is 15.6 Å². The molecule has 0 aromatic carbocycles. The molecule has 0 aliphatic rings. The normalized spacial score (nSPS) is 19.5. The van der Waals surface area contributed by atoms with Crippen molar-refractivity contribution in [3.8, 4) is 0 Å². The van der Waals surface area contributed by atoms with Crippen molar-refractivity contribution in [2.24, 2.45) is 0 Å². The molecule has 0 heterocycles. The van der Waals surface area contributed by atoms with Crippen molar-refractivity contribution < 1.29 is 14.1 Å². The van der Waals surface area contributed by atoms with Crippen molar-refractivity contribution in [3.63, 3.8) is 0 Å². The van der Waals surface area contributed by atoms with Crippen LogP contribution in [0.5, 0.6) is 0 Å². The molecule has 0 aromatic heterocycles. The minimum atomic E-state index is -1.39. The van der Waals surface area contributed by atoms with Gasteiger partial charge in [0.25, 0.3) is 0 Å². The zero-order valence-corrected chi connectivity index (χ0v) is 7.64. The van der Waals surface area contributed by atoms with Crippen molar-refractivity contribution in [3.05, 3.63) is 12.2 Å². The maximum Gasteiger partial charge on any atom is 0.326 e. The molecule has 0 bridgehead atoms. The monoisotopic (exact) mass is 176 g/mol. The fourth-order valence-electron chi connectivity index (χ4n) is 0.608. The number of hydrogen-bond donors (Lipinski definition) is 1. The molecular formula is C7H12O3S. The molecule has 0 saturated carbocycles. The van der Waals surface area contributed by atoms with Crippen molar-refractivity contribution in [2.45, 2.75) is 18.6 Å². The van der Waals surface area contributed by atoms with Crippen molar-refractivity contribution in [1.29, 1.82) is 0 Å². The lowest BCUT2D eigenvalue weighted by Crippen LogP contribution is -2.37. The summed E-state index contributed by atoms with van der Waals surface area (Å²) in [4.78, 5) is 10.6. The lowest BCUT2D eigenvalue weighted by molar-refractivity contribution is -0.138. The third kappa shape index (κ3) is 2.15. The molecule has 0 aromatic rings. The Bertz CT molecular complexity index is 194. The maximum atomic E-state index is 11.0. The van der Waals surface area contributed by atoms with Crippen molar-refractivity contribution in [2.75, 3.05) is 6.26 Å². The molecule has 64 valence electrons. The molecule has 2 unspecified atom stereocenters. The van der Waals surface area contributed by atoms with Gasteiger partial charge in [0, 0.05) is 17.1 Å². The highest BCUT2D eigenvalue weighted by Gasteiger charge is 2.34. The van der Waals surface area contributed by atoms with Crippen LogP contribution in [0.15, 0.2) is 12.2 Å². The molecule has 3 nitrogen and oxygen atoms in total. The highest BCUT2D eigenvalue weighted by Crippen LogP contribution is 2.14. The Hall–Kier alpha value is -0.640. The van der Waals surface area contributed by atoms with E-state index in [0.717, 1.165) is 0 Å². The quantitative estimate of drug-likeness (QED) is 0.647. The van der Waals surface area contributed by atoms with Gasteiger partial charge in [0.2, 0.25) is 0 Å². The number of carboxylic acids is 1. The summed E-state index contributed by atoms with van der Waals surface area (Å²) >= 11 is 0. The molecule has 4 heteroatoms. The van der Waals surface area contributed by atoms with Gasteiger partial charge in [-0.15, -0.1) is 0 Å². The van der Waals surface area contributed by atoms with Gasteiger partial charge in [-0.2, -0.15) is 0 Å². The SMILES string of the molecule is C/C=C/C(C)(C(=O)O)S(C)=O. The van der Waals surface area contributed by atoms with Gasteiger partial charge in [-0.25, -0.2) is 0 Å². The van der Waals surface area contributed by atoms with E-state index in [0.29, 0.717) is 0 Å². The Kier molecular flexibility index (Phi) is 3.45. The van der Waals surface area contributed by atoms with E-state index in [9.17, 15) is 9.00 Å². The fourth-order valence-corrected chi connectivity index (χ4v) is 1.18. The predicted molar refractivity (Wildman–Crippen MR) is 44.9 cm³/mol. The topological polar surface area (TPSA) is 54.4 Å². The van der Waals surface area contributed by atoms with E-state index in [1.165, 1.54) is 19.3 Å². The summed E-state index contributed by atoms with van der Waals surface area (Å²) in [5.41, 5.74) is 0. The van der Waals surface area contributed by atoms with Gasteiger partial charge >= 0.3 is 5.97 Å². The average Bonchev–Trinajstić information content (AvgIpc) is 1.87. The van der Waals surface area contributed by atoms with Crippen LogP contribution >= 0.6 is 0 Å². The van der Waals surface area contributed by atoms with Gasteiger partial charge in [-0.1, -0.05) is 12.2 Å². The number of hydrogen-bond acceptors (Lipinski definition) is 2. The third-order valence-corrected chi connectivity index (χ3v) is 3.01. The molecule has 0 spiro atoms. The molecule has 0 aliphatic heterocycles. The standard InChI is InChI=1S/C7H12O3S/c1-4-5-7(2,6(8)9)11(3)10/h4-5H,1-3H3,(H,8,9)/b5-4+. The van der Waals surface area contributed by atoms with E-state index in [2.05, 4.69) is 0 Å². The molecular weight excluding hydrogens is 164 g/mol. The molecule has 0 saturated heterocycles. The first-order valence-corrected chi connectivity index (χ1v) is 4.71. The second-order valence-electron chi connectivity index (χ2n) is 2.37. The minimum Gasteiger partial charge on any atom is -0.480 e. The number of allylic oxidation sites excluding steroid dienone is 1. The largest absolute Gasteiger partial charge is 0.480 e. The zero-order valence-electron chi connectivity index (χ0n) is 6.83. The Morgan fingerprint density at radius 2 is 2.09 bits per heavy atom. The molecule has 0 radical (unpaired) electrons. The average molecular weight is 176 g/mol. The van der Waals surface area contributed by atoms with Gasteiger partial charge in [0.1, 0.15) is 0 Å². The van der Waals surface area contributed by atoms with Crippen LogP contribution in [0.25, 0.3) is 0 Å². The van der Waals surface area contributed by atoms with Crippen LogP contribution in [0.4, 0.5) is 0 Å². The van der Waals surface area contributed by atoms with Crippen LogP contribution in [0, 0.1) is 0 Å². The zero-order chi connectivity index (χ0) is 9.07. The first-order valence-electron chi connectivity index (χ1n) is 3.16. The molecule has 0 rings (SSSR count).